The van der Waals surface area contributed by atoms with E-state index >= 15 is 4.39 Å². The molecule has 8 nitrogen and oxygen atoms in total. The molecule has 1 saturated carbocycles. The number of hydrogen-bond donors (Lipinski definition) is 1. The highest BCUT2D eigenvalue weighted by Crippen LogP contribution is 2.47. The zero-order chi connectivity index (χ0) is 30.0. The number of nitrogens with one attached hydrogen (secondary N) is 1. The van der Waals surface area contributed by atoms with Crippen molar-refractivity contribution in [1.82, 2.24) is 5.32 Å². The summed E-state index contributed by atoms with van der Waals surface area (Å²) in [6, 6.07) is 4.62. The van der Waals surface area contributed by atoms with Gasteiger partial charge in [0.05, 0.1) is 24.1 Å². The second-order valence-electron chi connectivity index (χ2n) is 10.0. The Kier molecular flexibility index (Phi) is 9.29. The van der Waals surface area contributed by atoms with E-state index in [0.29, 0.717) is 12.8 Å². The van der Waals surface area contributed by atoms with E-state index in [9.17, 15) is 31.2 Å². The Labute approximate surface area is 234 Å². The van der Waals surface area contributed by atoms with Gasteiger partial charge in [0.15, 0.2) is 5.75 Å². The van der Waals surface area contributed by atoms with E-state index < -0.39 is 57.3 Å². The molecule has 0 aromatic heterocycles. The van der Waals surface area contributed by atoms with Gasteiger partial charge in [-0.3, -0.25) is 4.79 Å². The van der Waals surface area contributed by atoms with Gasteiger partial charge in [-0.1, -0.05) is 17.7 Å². The lowest BCUT2D eigenvalue weighted by Crippen LogP contribution is -2.36. The van der Waals surface area contributed by atoms with Gasteiger partial charge >= 0.3 is 27.7 Å². The van der Waals surface area contributed by atoms with E-state index in [1.54, 1.807) is 27.7 Å². The van der Waals surface area contributed by atoms with E-state index in [4.69, 9.17) is 21.1 Å². The molecule has 0 unspecified atom stereocenters. The summed E-state index contributed by atoms with van der Waals surface area (Å²) in [5.74, 6) is -2.52. The minimum absolute atomic E-state index is 0.0103. The fraction of sp³-hybridized carbons (Fsp3) is 0.462. The van der Waals surface area contributed by atoms with Crippen LogP contribution in [-0.2, 0) is 24.4 Å². The van der Waals surface area contributed by atoms with Crippen molar-refractivity contribution in [2.45, 2.75) is 70.0 Å². The normalized spacial score (nSPS) is 14.8. The van der Waals surface area contributed by atoms with Crippen LogP contribution in [0.1, 0.15) is 70.0 Å². The summed E-state index contributed by atoms with van der Waals surface area (Å²) in [6.45, 7) is 6.39. The molecular weight excluding hydrogens is 582 g/mol. The maximum Gasteiger partial charge on any atom is 0.534 e. The van der Waals surface area contributed by atoms with Crippen LogP contribution in [0.15, 0.2) is 30.3 Å². The van der Waals surface area contributed by atoms with Crippen molar-refractivity contribution in [2.75, 3.05) is 6.61 Å². The molecule has 1 fully saturated rings. The Balaban J connectivity index is 2.19. The van der Waals surface area contributed by atoms with Gasteiger partial charge in [0, 0.05) is 11.1 Å². The molecule has 2 aromatic rings. The number of ether oxygens (including phenoxy) is 2. The predicted octanol–water partition coefficient (Wildman–Crippen LogP) is 6.77. The van der Waals surface area contributed by atoms with Crippen LogP contribution in [0.2, 0.25) is 5.02 Å². The Morgan fingerprint density at radius 2 is 1.80 bits per heavy atom. The maximum atomic E-state index is 15.9. The average molecular weight is 610 g/mol. The molecule has 0 radical (unpaired) electrons. The topological polar surface area (TPSA) is 108 Å². The molecule has 2 aromatic carbocycles. The van der Waals surface area contributed by atoms with Gasteiger partial charge in [0.25, 0.3) is 0 Å². The number of hydrogen-bond acceptors (Lipinski definition) is 7. The second kappa shape index (κ2) is 11.8. The Morgan fingerprint density at radius 1 is 1.15 bits per heavy atom. The molecule has 0 spiro atoms. The number of alkyl carbamates (subject to hydrolysis) is 1. The van der Waals surface area contributed by atoms with E-state index in [-0.39, 0.29) is 39.8 Å². The number of benzene rings is 2. The highest BCUT2D eigenvalue weighted by atomic mass is 35.5. The number of carbonyl (C=O) groups is 2. The Hall–Kier alpha value is -3.06. The molecule has 1 aliphatic rings. The van der Waals surface area contributed by atoms with Gasteiger partial charge in [-0.15, -0.1) is 0 Å². The van der Waals surface area contributed by atoms with Gasteiger partial charge in [0.1, 0.15) is 11.4 Å². The second-order valence-corrected chi connectivity index (χ2v) is 12.0. The first-order chi connectivity index (χ1) is 18.4. The van der Waals surface area contributed by atoms with Gasteiger partial charge in [-0.2, -0.15) is 21.6 Å². The first-order valence-electron chi connectivity index (χ1n) is 12.2. The lowest BCUT2D eigenvalue weighted by molar-refractivity contribution is -0.143. The van der Waals surface area contributed by atoms with Gasteiger partial charge in [0.2, 0.25) is 0 Å². The van der Waals surface area contributed by atoms with Crippen LogP contribution in [0.5, 0.6) is 5.75 Å². The molecule has 14 heteroatoms. The van der Waals surface area contributed by atoms with Gasteiger partial charge < -0.3 is 19.0 Å². The summed E-state index contributed by atoms with van der Waals surface area (Å²) < 4.78 is 93.4. The molecule has 0 saturated heterocycles. The van der Waals surface area contributed by atoms with E-state index in [1.807, 2.05) is 0 Å². The highest BCUT2D eigenvalue weighted by molar-refractivity contribution is 7.88. The first kappa shape index (κ1) is 31.5. The van der Waals surface area contributed by atoms with Crippen molar-refractivity contribution < 1.29 is 49.2 Å². The third-order valence-corrected chi connectivity index (χ3v) is 6.92. The third-order valence-electron chi connectivity index (χ3n) is 5.64. The fourth-order valence-electron chi connectivity index (χ4n) is 3.85. The molecular formula is C26H28ClF4NO7S. The van der Waals surface area contributed by atoms with Gasteiger partial charge in [-0.25, -0.2) is 9.18 Å². The number of alkyl halides is 3. The fourth-order valence-corrected chi connectivity index (χ4v) is 4.60. The summed E-state index contributed by atoms with van der Waals surface area (Å²) in [4.78, 5) is 25.0. The number of halogens is 5. The lowest BCUT2D eigenvalue weighted by Gasteiger charge is -2.25. The van der Waals surface area contributed by atoms with Crippen LogP contribution in [0.25, 0.3) is 11.1 Å². The number of carbonyl (C=O) groups excluding carboxylic acids is 2. The minimum Gasteiger partial charge on any atom is -0.466 e. The molecule has 0 heterocycles. The van der Waals surface area contributed by atoms with Crippen molar-refractivity contribution in [1.29, 1.82) is 0 Å². The molecule has 3 rings (SSSR count). The van der Waals surface area contributed by atoms with Crippen LogP contribution in [-0.4, -0.2) is 38.2 Å². The predicted molar refractivity (Wildman–Crippen MR) is 138 cm³/mol. The molecule has 1 aliphatic carbocycles. The standard InChI is InChI=1S/C26H28ClF4NO7S/c1-5-37-21(33)13-19(32-24(34)38-25(2,3)4)17-12-15(11-16(23(17)28)14-9-10-14)22-18(27)7-6-8-20(22)39-40(35,36)26(29,30)31/h6-8,11-12,14,19H,5,9-10,13H2,1-4H3,(H,32,34)/t19-/m0/s1. The largest absolute Gasteiger partial charge is 0.534 e. The minimum atomic E-state index is -6.07. The molecule has 220 valence electrons. The first-order valence-corrected chi connectivity index (χ1v) is 14.0. The molecule has 1 amide bonds. The summed E-state index contributed by atoms with van der Waals surface area (Å²) in [7, 11) is -6.07. The zero-order valence-electron chi connectivity index (χ0n) is 22.0. The Morgan fingerprint density at radius 3 is 2.35 bits per heavy atom. The number of esters is 1. The molecule has 0 bridgehead atoms. The summed E-state index contributed by atoms with van der Waals surface area (Å²) in [5.41, 5.74) is -6.95. The third kappa shape index (κ3) is 7.78. The van der Waals surface area contributed by atoms with Crippen LogP contribution in [0.3, 0.4) is 0 Å². The van der Waals surface area contributed by atoms with Crippen LogP contribution < -0.4 is 9.50 Å². The van der Waals surface area contributed by atoms with Gasteiger partial charge in [-0.05, 0) is 81.8 Å². The van der Waals surface area contributed by atoms with Crippen molar-refractivity contribution >= 4 is 33.8 Å². The van der Waals surface area contributed by atoms with Crippen molar-refractivity contribution in [3.05, 3.63) is 52.3 Å². The van der Waals surface area contributed by atoms with Crippen molar-refractivity contribution in [3.8, 4) is 16.9 Å². The SMILES string of the molecule is CCOC(=O)C[C@H](NC(=O)OC(C)(C)C)c1cc(-c2c(Cl)cccc2OS(=O)(=O)C(F)(F)F)cc(C2CC2)c1F. The number of amides is 1. The quantitative estimate of drug-likeness (QED) is 0.145. The van der Waals surface area contributed by atoms with E-state index in [0.717, 1.165) is 12.1 Å². The molecule has 1 atom stereocenters. The lowest BCUT2D eigenvalue weighted by atomic mass is 9.92. The monoisotopic (exact) mass is 609 g/mol. The van der Waals surface area contributed by atoms with Crippen LogP contribution >= 0.6 is 11.6 Å². The Bertz CT molecular complexity index is 1390. The van der Waals surface area contributed by atoms with Crippen LogP contribution in [0.4, 0.5) is 22.4 Å². The summed E-state index contributed by atoms with van der Waals surface area (Å²) in [6.07, 6.45) is -0.254. The smallest absolute Gasteiger partial charge is 0.466 e. The van der Waals surface area contributed by atoms with E-state index in [1.165, 1.54) is 18.2 Å². The molecule has 40 heavy (non-hydrogen) atoms. The van der Waals surface area contributed by atoms with E-state index in [2.05, 4.69) is 9.50 Å². The number of rotatable bonds is 9. The average Bonchev–Trinajstić information content (AvgIpc) is 3.62. The summed E-state index contributed by atoms with van der Waals surface area (Å²) in [5, 5.41) is 2.28. The molecule has 0 aliphatic heterocycles. The van der Waals surface area contributed by atoms with Crippen molar-refractivity contribution in [3.63, 3.8) is 0 Å². The maximum absolute atomic E-state index is 15.9. The molecule has 1 N–H and O–H groups in total. The zero-order valence-corrected chi connectivity index (χ0v) is 23.6. The summed E-state index contributed by atoms with van der Waals surface area (Å²) >= 11 is 6.30. The van der Waals surface area contributed by atoms with Crippen LogP contribution in [0, 0.1) is 5.82 Å². The highest BCUT2D eigenvalue weighted by Gasteiger charge is 2.49. The van der Waals surface area contributed by atoms with Crippen molar-refractivity contribution in [2.24, 2.45) is 0 Å².